The predicted molar refractivity (Wildman–Crippen MR) is 71.5 cm³/mol. The Balaban J connectivity index is 0. The fourth-order valence-electron chi connectivity index (χ4n) is 1.99. The average Bonchev–Trinajstić information content (AvgIpc) is 2.25. The maximum atomic E-state index is 8.65. The second-order valence-electron chi connectivity index (χ2n) is 4.80. The summed E-state index contributed by atoms with van der Waals surface area (Å²) in [6.07, 6.45) is 14.9. The summed E-state index contributed by atoms with van der Waals surface area (Å²) >= 11 is 0. The van der Waals surface area contributed by atoms with Gasteiger partial charge < -0.3 is 10.0 Å². The second kappa shape index (κ2) is 17.6. The van der Waals surface area contributed by atoms with E-state index in [1.54, 1.807) is 0 Å². The van der Waals surface area contributed by atoms with E-state index in [1.165, 1.54) is 57.8 Å². The van der Waals surface area contributed by atoms with E-state index in [0.29, 0.717) is 6.32 Å². The third kappa shape index (κ3) is 20.1. The third-order valence-corrected chi connectivity index (χ3v) is 3.07. The molecule has 0 spiro atoms. The molecular formula is C13H29BKO2+. The van der Waals surface area contributed by atoms with Crippen LogP contribution < -0.4 is 51.4 Å². The molecule has 0 amide bonds. The summed E-state index contributed by atoms with van der Waals surface area (Å²) in [6, 6.07) is 0. The van der Waals surface area contributed by atoms with Crippen LogP contribution in [-0.4, -0.2) is 17.2 Å². The van der Waals surface area contributed by atoms with Gasteiger partial charge in [-0.1, -0.05) is 77.6 Å². The predicted octanol–water partition coefficient (Wildman–Crippen LogP) is 0.774. The van der Waals surface area contributed by atoms with E-state index >= 15 is 0 Å². The molecule has 17 heavy (non-hydrogen) atoms. The first kappa shape index (κ1) is 20.9. The first-order chi connectivity index (χ1) is 7.77. The monoisotopic (exact) mass is 267 g/mol. The zero-order valence-corrected chi connectivity index (χ0v) is 15.1. The average molecular weight is 267 g/mol. The van der Waals surface area contributed by atoms with Crippen molar-refractivity contribution in [2.75, 3.05) is 0 Å². The van der Waals surface area contributed by atoms with Crippen LogP contribution in [0.4, 0.5) is 0 Å². The van der Waals surface area contributed by atoms with Crippen molar-refractivity contribution >= 4 is 7.12 Å². The Morgan fingerprint density at radius 3 is 1.35 bits per heavy atom. The molecule has 0 aliphatic rings. The summed E-state index contributed by atoms with van der Waals surface area (Å²) in [7, 11) is -1.10. The molecule has 0 aromatic rings. The summed E-state index contributed by atoms with van der Waals surface area (Å²) in [5.41, 5.74) is 0. The van der Waals surface area contributed by atoms with Crippen LogP contribution in [0.15, 0.2) is 0 Å². The summed E-state index contributed by atoms with van der Waals surface area (Å²) < 4.78 is 0. The van der Waals surface area contributed by atoms with Crippen LogP contribution >= 0.6 is 0 Å². The Bertz CT molecular complexity index is 135. The van der Waals surface area contributed by atoms with Gasteiger partial charge >= 0.3 is 58.5 Å². The molecule has 0 saturated carbocycles. The molecule has 0 aliphatic carbocycles. The Morgan fingerprint density at radius 1 is 0.647 bits per heavy atom. The molecule has 0 aromatic heterocycles. The van der Waals surface area contributed by atoms with Crippen LogP contribution in [0.3, 0.4) is 0 Å². The van der Waals surface area contributed by atoms with Crippen LogP contribution in [0.2, 0.25) is 6.32 Å². The molecular weight excluding hydrogens is 238 g/mol. The molecule has 0 aliphatic heterocycles. The van der Waals surface area contributed by atoms with Crippen molar-refractivity contribution in [2.45, 2.75) is 83.9 Å². The molecule has 0 aromatic carbocycles. The van der Waals surface area contributed by atoms with E-state index in [-0.39, 0.29) is 51.4 Å². The second-order valence-corrected chi connectivity index (χ2v) is 4.80. The van der Waals surface area contributed by atoms with Crippen LogP contribution in [-0.2, 0) is 0 Å². The van der Waals surface area contributed by atoms with Crippen LogP contribution in [0.5, 0.6) is 0 Å². The normalized spacial score (nSPS) is 10.1. The van der Waals surface area contributed by atoms with Crippen LogP contribution in [0.25, 0.3) is 0 Å². The Labute approximate surface area is 151 Å². The molecule has 4 heteroatoms. The van der Waals surface area contributed by atoms with Crippen LogP contribution in [0, 0.1) is 0 Å². The molecule has 0 saturated heterocycles. The molecule has 2 nitrogen and oxygen atoms in total. The van der Waals surface area contributed by atoms with E-state index in [1.807, 2.05) is 0 Å². The maximum Gasteiger partial charge on any atom is 1.00 e. The fraction of sp³-hybridized carbons (Fsp3) is 1.00. The van der Waals surface area contributed by atoms with E-state index in [9.17, 15) is 0 Å². The SMILES string of the molecule is CCCCCCCCCCCCCB(O)O.[K+]. The largest absolute Gasteiger partial charge is 1.00 e. The van der Waals surface area contributed by atoms with Crippen molar-refractivity contribution in [1.82, 2.24) is 0 Å². The van der Waals surface area contributed by atoms with Gasteiger partial charge in [-0.3, -0.25) is 0 Å². The van der Waals surface area contributed by atoms with Gasteiger partial charge in [-0.05, 0) is 6.32 Å². The zero-order chi connectivity index (χ0) is 12.1. The minimum atomic E-state index is -1.10. The molecule has 0 bridgehead atoms. The number of rotatable bonds is 12. The van der Waals surface area contributed by atoms with Gasteiger partial charge in [0.1, 0.15) is 0 Å². The topological polar surface area (TPSA) is 40.5 Å². The van der Waals surface area contributed by atoms with Gasteiger partial charge in [-0.15, -0.1) is 0 Å². The fourth-order valence-corrected chi connectivity index (χ4v) is 1.99. The van der Waals surface area contributed by atoms with Gasteiger partial charge in [-0.25, -0.2) is 0 Å². The zero-order valence-electron chi connectivity index (χ0n) is 12.0. The standard InChI is InChI=1S/C13H29BO2.K/c1-2-3-4-5-6-7-8-9-10-11-12-13-14(15)16;/h15-16H,2-13H2,1H3;/q;+1. The van der Waals surface area contributed by atoms with Gasteiger partial charge in [0, 0.05) is 0 Å². The Hall–Kier alpha value is 1.62. The first-order valence-electron chi connectivity index (χ1n) is 7.13. The van der Waals surface area contributed by atoms with Crippen LogP contribution in [0.1, 0.15) is 77.6 Å². The minimum Gasteiger partial charge on any atom is -0.427 e. The first-order valence-corrected chi connectivity index (χ1v) is 7.13. The van der Waals surface area contributed by atoms with Gasteiger partial charge in [0.25, 0.3) is 0 Å². The number of unbranched alkanes of at least 4 members (excludes halogenated alkanes) is 10. The van der Waals surface area contributed by atoms with E-state index in [2.05, 4.69) is 6.92 Å². The molecule has 96 valence electrons. The van der Waals surface area contributed by atoms with Crippen molar-refractivity contribution in [2.24, 2.45) is 0 Å². The quantitative estimate of drug-likeness (QED) is 0.405. The third-order valence-electron chi connectivity index (χ3n) is 3.07. The van der Waals surface area contributed by atoms with Crippen molar-refractivity contribution in [3.63, 3.8) is 0 Å². The summed E-state index contributed by atoms with van der Waals surface area (Å²) in [5, 5.41) is 17.3. The number of hydrogen-bond acceptors (Lipinski definition) is 2. The Kier molecular flexibility index (Phi) is 21.7. The molecule has 0 heterocycles. The van der Waals surface area contributed by atoms with Crippen molar-refractivity contribution in [1.29, 1.82) is 0 Å². The van der Waals surface area contributed by atoms with Gasteiger partial charge in [0.05, 0.1) is 0 Å². The Morgan fingerprint density at radius 2 is 1.00 bits per heavy atom. The molecule has 0 unspecified atom stereocenters. The van der Waals surface area contributed by atoms with E-state index in [0.717, 1.165) is 12.8 Å². The van der Waals surface area contributed by atoms with E-state index < -0.39 is 7.12 Å². The van der Waals surface area contributed by atoms with Crippen molar-refractivity contribution in [3.05, 3.63) is 0 Å². The molecule has 2 N–H and O–H groups in total. The van der Waals surface area contributed by atoms with Gasteiger partial charge in [-0.2, -0.15) is 0 Å². The summed E-state index contributed by atoms with van der Waals surface area (Å²) in [5.74, 6) is 0. The van der Waals surface area contributed by atoms with Crippen molar-refractivity contribution < 1.29 is 61.4 Å². The minimum absolute atomic E-state index is 0. The molecule has 0 radical (unpaired) electrons. The summed E-state index contributed by atoms with van der Waals surface area (Å²) in [4.78, 5) is 0. The molecule has 0 rings (SSSR count). The van der Waals surface area contributed by atoms with Gasteiger partial charge in [0.15, 0.2) is 0 Å². The number of hydrogen-bond donors (Lipinski definition) is 2. The van der Waals surface area contributed by atoms with Gasteiger partial charge in [0.2, 0.25) is 0 Å². The van der Waals surface area contributed by atoms with Crippen molar-refractivity contribution in [3.8, 4) is 0 Å². The molecule has 0 fully saturated rings. The van der Waals surface area contributed by atoms with E-state index in [4.69, 9.17) is 10.0 Å². The smallest absolute Gasteiger partial charge is 0.427 e. The maximum absolute atomic E-state index is 8.65. The summed E-state index contributed by atoms with van der Waals surface area (Å²) in [6.45, 7) is 2.25. The molecule has 0 atom stereocenters.